The van der Waals surface area contributed by atoms with Crippen molar-refractivity contribution in [3.05, 3.63) is 106 Å². The normalized spacial score (nSPS) is 23.1. The molecule has 2 atom stereocenters. The second kappa shape index (κ2) is 32.0. The van der Waals surface area contributed by atoms with Gasteiger partial charge in [0.1, 0.15) is 0 Å². The van der Waals surface area contributed by atoms with Crippen molar-refractivity contribution in [3.8, 4) is 12.3 Å². The number of nitrogens with zero attached hydrogens (tertiary/aromatic N) is 1. The standard InChI is InChI=1S/C31H42N2.C6H12.C5H8.2C4H10.C2H6/c1-11-15-29-28(13-3)31(18-12-2,20-30(32-14-4)24(9)25(10)33-29)26-16-17-27(22(7)19-26)23(8)21(5)6;1-5-3-6(2)4-5;1-3-5-4-2;1-4(2)3;1-3-4-2;1-2/h11,13-17,19-20,23,33H,3,5,12,18H2,1-2,4,6-10H3;5-6H,3-4H2,1-2H3;1H,4-5H2,2H3;4H,1-3H3;3-4H2,1-2H3;1-2H3/b15-11-,25-24+,29-28-,30-20+,32-14?;;;;;. The van der Waals surface area contributed by atoms with Crippen molar-refractivity contribution in [1.82, 2.24) is 5.32 Å². The molecule has 306 valence electrons. The Morgan fingerprint density at radius 1 is 0.963 bits per heavy atom. The molecule has 2 aliphatic rings. The molecular weight excluding hydrogens is 653 g/mol. The topological polar surface area (TPSA) is 24.4 Å². The summed E-state index contributed by atoms with van der Waals surface area (Å²) in [5.74, 6) is 5.76. The molecule has 0 spiro atoms. The first-order valence-electron chi connectivity index (χ1n) is 21.4. The number of hydrogen-bond donors (Lipinski definition) is 1. The van der Waals surface area contributed by atoms with Crippen LogP contribution in [0, 0.1) is 37.0 Å². The van der Waals surface area contributed by atoms with Crippen LogP contribution in [0.4, 0.5) is 0 Å². The highest BCUT2D eigenvalue weighted by molar-refractivity contribution is 5.61. The van der Waals surface area contributed by atoms with Crippen LogP contribution in [0.3, 0.4) is 0 Å². The van der Waals surface area contributed by atoms with E-state index in [-0.39, 0.29) is 5.41 Å². The predicted molar refractivity (Wildman–Crippen MR) is 251 cm³/mol. The molecule has 1 aliphatic carbocycles. The average Bonchev–Trinajstić information content (AvgIpc) is 3.11. The Kier molecular flexibility index (Phi) is 32.6. The van der Waals surface area contributed by atoms with Gasteiger partial charge in [-0.2, -0.15) is 0 Å². The van der Waals surface area contributed by atoms with Gasteiger partial charge >= 0.3 is 0 Å². The summed E-state index contributed by atoms with van der Waals surface area (Å²) in [6.07, 6.45) is 25.0. The van der Waals surface area contributed by atoms with Crippen LogP contribution in [0.2, 0.25) is 0 Å². The number of aryl methyl sites for hydroxylation is 1. The molecule has 1 N–H and O–H groups in total. The first kappa shape index (κ1) is 55.0. The maximum Gasteiger partial charge on any atom is 0.0644 e. The zero-order valence-electron chi connectivity index (χ0n) is 39.0. The monoisotopic (exact) mass is 741 g/mol. The van der Waals surface area contributed by atoms with Crippen LogP contribution in [0.5, 0.6) is 0 Å². The zero-order chi connectivity index (χ0) is 42.4. The molecule has 54 heavy (non-hydrogen) atoms. The molecule has 0 radical (unpaired) electrons. The third-order valence-electron chi connectivity index (χ3n) is 9.37. The van der Waals surface area contributed by atoms with Gasteiger partial charge in [-0.1, -0.05) is 151 Å². The van der Waals surface area contributed by atoms with Crippen LogP contribution in [-0.4, -0.2) is 6.21 Å². The van der Waals surface area contributed by atoms with Gasteiger partial charge in [0.05, 0.1) is 5.70 Å². The summed E-state index contributed by atoms with van der Waals surface area (Å²) in [5, 5.41) is 3.68. The van der Waals surface area contributed by atoms with Crippen LogP contribution in [0.1, 0.15) is 192 Å². The fourth-order valence-electron chi connectivity index (χ4n) is 6.22. The largest absolute Gasteiger partial charge is 0.359 e. The van der Waals surface area contributed by atoms with Gasteiger partial charge in [-0.3, -0.25) is 4.99 Å². The van der Waals surface area contributed by atoms with Gasteiger partial charge in [-0.05, 0) is 125 Å². The van der Waals surface area contributed by atoms with Crippen LogP contribution in [0.25, 0.3) is 0 Å². The van der Waals surface area contributed by atoms with Gasteiger partial charge in [-0.25, -0.2) is 0 Å². The second-order valence-electron chi connectivity index (χ2n) is 15.6. The van der Waals surface area contributed by atoms with E-state index in [1.165, 1.54) is 53.5 Å². The van der Waals surface area contributed by atoms with Crippen molar-refractivity contribution < 1.29 is 0 Å². The van der Waals surface area contributed by atoms with Crippen LogP contribution >= 0.6 is 0 Å². The third kappa shape index (κ3) is 20.4. The van der Waals surface area contributed by atoms with E-state index < -0.39 is 0 Å². The van der Waals surface area contributed by atoms with Crippen molar-refractivity contribution in [2.24, 2.45) is 22.7 Å². The second-order valence-corrected chi connectivity index (χ2v) is 15.6. The summed E-state index contributed by atoms with van der Waals surface area (Å²) >= 11 is 0. The van der Waals surface area contributed by atoms with Crippen LogP contribution < -0.4 is 5.32 Å². The first-order chi connectivity index (χ1) is 25.5. The number of rotatable bonds is 10. The summed E-state index contributed by atoms with van der Waals surface area (Å²) < 4.78 is 0. The lowest BCUT2D eigenvalue weighted by molar-refractivity contribution is 0.233. The average molecular weight is 741 g/mol. The van der Waals surface area contributed by atoms with Crippen molar-refractivity contribution in [3.63, 3.8) is 0 Å². The molecule has 3 rings (SSSR count). The minimum atomic E-state index is -0.349. The van der Waals surface area contributed by atoms with E-state index in [0.717, 1.165) is 66.1 Å². The minimum Gasteiger partial charge on any atom is -0.359 e. The predicted octanol–water partition coefficient (Wildman–Crippen LogP) is 16.6. The molecule has 0 bridgehead atoms. The zero-order valence-corrected chi connectivity index (χ0v) is 39.0. The maximum atomic E-state index is 4.89. The Balaban J connectivity index is -0.00000100. The molecule has 1 aromatic carbocycles. The van der Waals surface area contributed by atoms with E-state index in [0.29, 0.717) is 5.92 Å². The number of nitrogens with one attached hydrogen (secondary N) is 1. The van der Waals surface area contributed by atoms with Gasteiger partial charge < -0.3 is 5.32 Å². The van der Waals surface area contributed by atoms with Gasteiger partial charge in [0, 0.05) is 35.4 Å². The lowest BCUT2D eigenvalue weighted by Crippen LogP contribution is -2.31. The van der Waals surface area contributed by atoms with Crippen molar-refractivity contribution in [1.29, 1.82) is 0 Å². The highest BCUT2D eigenvalue weighted by Crippen LogP contribution is 2.44. The fourth-order valence-corrected chi connectivity index (χ4v) is 6.22. The molecule has 1 aromatic rings. The Morgan fingerprint density at radius 2 is 1.50 bits per heavy atom. The van der Waals surface area contributed by atoms with Crippen molar-refractivity contribution >= 4 is 6.21 Å². The maximum absolute atomic E-state index is 4.89. The molecule has 1 saturated carbocycles. The summed E-state index contributed by atoms with van der Waals surface area (Å²) in [6, 6.07) is 6.94. The Morgan fingerprint density at radius 3 is 1.81 bits per heavy atom. The number of aliphatic imine (C=N–C) groups is 1. The van der Waals surface area contributed by atoms with Crippen molar-refractivity contribution in [2.75, 3.05) is 0 Å². The van der Waals surface area contributed by atoms with E-state index in [1.54, 1.807) is 0 Å². The number of benzene rings is 1. The van der Waals surface area contributed by atoms with E-state index in [1.807, 2.05) is 33.1 Å². The molecule has 1 fully saturated rings. The summed E-state index contributed by atoms with van der Waals surface area (Å²) in [6.45, 7) is 47.1. The molecule has 0 aromatic heterocycles. The Hall–Kier alpha value is -3.31. The molecule has 0 amide bonds. The number of unbranched alkanes of at least 4 members (excludes halogenated alkanes) is 2. The quantitative estimate of drug-likeness (QED) is 0.144. The molecule has 1 heterocycles. The lowest BCUT2D eigenvalue weighted by Gasteiger charge is -2.37. The first-order valence-corrected chi connectivity index (χ1v) is 21.4. The van der Waals surface area contributed by atoms with Crippen LogP contribution in [0.15, 0.2) is 94.5 Å². The van der Waals surface area contributed by atoms with Crippen LogP contribution in [-0.2, 0) is 5.41 Å². The summed E-state index contributed by atoms with van der Waals surface area (Å²) in [4.78, 5) is 4.80. The smallest absolute Gasteiger partial charge is 0.0644 e. The number of terminal acetylenes is 1. The molecule has 2 nitrogen and oxygen atoms in total. The molecule has 1 aliphatic heterocycles. The number of allylic oxidation sites excluding steroid dienone is 8. The molecule has 2 unspecified atom stereocenters. The van der Waals surface area contributed by atoms with Gasteiger partial charge in [0.15, 0.2) is 0 Å². The minimum absolute atomic E-state index is 0.330. The highest BCUT2D eigenvalue weighted by atomic mass is 14.9. The molecular formula is C52H88N2. The van der Waals surface area contributed by atoms with Gasteiger partial charge in [0.2, 0.25) is 0 Å². The molecule has 2 heteroatoms. The van der Waals surface area contributed by atoms with E-state index in [4.69, 9.17) is 11.4 Å². The molecule has 0 saturated heterocycles. The highest BCUT2D eigenvalue weighted by Gasteiger charge is 2.36. The fraction of sp³-hybridized carbons (Fsp3) is 0.596. The summed E-state index contributed by atoms with van der Waals surface area (Å²) in [7, 11) is 0. The van der Waals surface area contributed by atoms with Gasteiger partial charge in [-0.15, -0.1) is 12.3 Å². The Labute approximate surface area is 339 Å². The van der Waals surface area contributed by atoms with Crippen molar-refractivity contribution in [2.45, 2.75) is 187 Å². The summed E-state index contributed by atoms with van der Waals surface area (Å²) in [5.41, 5.74) is 10.3. The SMILES string of the molecule is C#CCCC.C=C/C1=C(\C=C/C)N/C(C)=C(C)/C(N=CC)=C\C1(CCC)c1ccc(C(C)C(=C)C)c(C)c1.CC.CC(C)C.CC1CC(C)C1.CCCC. The van der Waals surface area contributed by atoms with Gasteiger partial charge in [0.25, 0.3) is 0 Å². The van der Waals surface area contributed by atoms with E-state index in [2.05, 4.69) is 165 Å². The third-order valence-corrected chi connectivity index (χ3v) is 9.37. The Bertz CT molecular complexity index is 1370. The van der Waals surface area contributed by atoms with E-state index >= 15 is 0 Å². The number of hydrogen-bond acceptors (Lipinski definition) is 2. The van der Waals surface area contributed by atoms with E-state index in [9.17, 15) is 0 Å². The lowest BCUT2D eigenvalue weighted by atomic mass is 9.68.